The van der Waals surface area contributed by atoms with Gasteiger partial charge in [-0.3, -0.25) is 0 Å². The lowest BCUT2D eigenvalue weighted by Crippen LogP contribution is -2.39. The molecule has 0 aliphatic carbocycles. The van der Waals surface area contributed by atoms with Crippen LogP contribution in [0.5, 0.6) is 0 Å². The Hall–Kier alpha value is -3.02. The van der Waals surface area contributed by atoms with Crippen molar-refractivity contribution < 1.29 is 9.21 Å². The first-order valence-corrected chi connectivity index (χ1v) is 7.89. The van der Waals surface area contributed by atoms with E-state index >= 15 is 0 Å². The average Bonchev–Trinajstić information content (AvgIpc) is 3.31. The standard InChI is InChI=1S/C18H20N4O2/c1-2-21(13-15-8-11-24-14-15)18(23)19-12-16-6-3-4-7-17(16)22-10-5-9-20-22/h3-11,14H,2,12-13H2,1H3,(H,19,23). The van der Waals surface area contributed by atoms with Crippen molar-refractivity contribution in [1.82, 2.24) is 20.0 Å². The van der Waals surface area contributed by atoms with Gasteiger partial charge in [-0.05, 0) is 30.7 Å². The van der Waals surface area contributed by atoms with Crippen LogP contribution in [0.3, 0.4) is 0 Å². The van der Waals surface area contributed by atoms with E-state index in [4.69, 9.17) is 4.42 Å². The summed E-state index contributed by atoms with van der Waals surface area (Å²) in [7, 11) is 0. The zero-order valence-electron chi connectivity index (χ0n) is 13.6. The van der Waals surface area contributed by atoms with Gasteiger partial charge in [0.25, 0.3) is 0 Å². The van der Waals surface area contributed by atoms with Gasteiger partial charge < -0.3 is 14.6 Å². The highest BCUT2D eigenvalue weighted by Crippen LogP contribution is 2.13. The Balaban J connectivity index is 1.66. The van der Waals surface area contributed by atoms with E-state index in [2.05, 4.69) is 10.4 Å². The molecule has 3 rings (SSSR count). The summed E-state index contributed by atoms with van der Waals surface area (Å²) in [6.07, 6.45) is 6.89. The van der Waals surface area contributed by atoms with Crippen molar-refractivity contribution in [3.8, 4) is 5.69 Å². The summed E-state index contributed by atoms with van der Waals surface area (Å²) in [5, 5.41) is 7.24. The van der Waals surface area contributed by atoms with Gasteiger partial charge in [-0.25, -0.2) is 9.48 Å². The molecule has 0 fully saturated rings. The van der Waals surface area contributed by atoms with E-state index in [1.54, 1.807) is 28.3 Å². The van der Waals surface area contributed by atoms with Crippen molar-refractivity contribution in [2.24, 2.45) is 0 Å². The van der Waals surface area contributed by atoms with Gasteiger partial charge in [0, 0.05) is 31.0 Å². The van der Waals surface area contributed by atoms with Crippen molar-refractivity contribution in [3.05, 3.63) is 72.4 Å². The molecule has 0 atom stereocenters. The molecule has 0 saturated carbocycles. The summed E-state index contributed by atoms with van der Waals surface area (Å²) in [5.74, 6) is 0. The summed E-state index contributed by atoms with van der Waals surface area (Å²) in [5.41, 5.74) is 2.94. The number of nitrogens with one attached hydrogen (secondary N) is 1. The molecule has 2 amide bonds. The fourth-order valence-electron chi connectivity index (χ4n) is 2.51. The monoisotopic (exact) mass is 324 g/mol. The lowest BCUT2D eigenvalue weighted by Gasteiger charge is -2.21. The van der Waals surface area contributed by atoms with Crippen LogP contribution in [0.15, 0.2) is 65.7 Å². The van der Waals surface area contributed by atoms with Gasteiger partial charge in [-0.15, -0.1) is 0 Å². The fourth-order valence-corrected chi connectivity index (χ4v) is 2.51. The summed E-state index contributed by atoms with van der Waals surface area (Å²) < 4.78 is 6.85. The first-order chi connectivity index (χ1) is 11.8. The van der Waals surface area contributed by atoms with Crippen molar-refractivity contribution >= 4 is 6.03 Å². The third kappa shape index (κ3) is 3.65. The minimum atomic E-state index is -0.103. The van der Waals surface area contributed by atoms with Crippen LogP contribution >= 0.6 is 0 Å². The smallest absolute Gasteiger partial charge is 0.317 e. The number of para-hydroxylation sites is 1. The van der Waals surface area contributed by atoms with E-state index in [0.717, 1.165) is 16.8 Å². The van der Waals surface area contributed by atoms with Gasteiger partial charge in [0.05, 0.1) is 24.8 Å². The van der Waals surface area contributed by atoms with Gasteiger partial charge in [0.15, 0.2) is 0 Å². The minimum Gasteiger partial charge on any atom is -0.472 e. The molecular formula is C18H20N4O2. The van der Waals surface area contributed by atoms with Crippen LogP contribution < -0.4 is 5.32 Å². The second-order valence-corrected chi connectivity index (χ2v) is 5.38. The lowest BCUT2D eigenvalue weighted by atomic mass is 10.2. The number of rotatable bonds is 6. The fraction of sp³-hybridized carbons (Fsp3) is 0.222. The maximum absolute atomic E-state index is 12.4. The Labute approximate surface area is 140 Å². The molecule has 3 aromatic rings. The summed E-state index contributed by atoms with van der Waals surface area (Å²) in [4.78, 5) is 14.2. The van der Waals surface area contributed by atoms with Crippen LogP contribution in [0.1, 0.15) is 18.1 Å². The molecule has 0 spiro atoms. The minimum absolute atomic E-state index is 0.103. The molecule has 24 heavy (non-hydrogen) atoms. The molecule has 0 bridgehead atoms. The molecule has 2 heterocycles. The molecule has 0 unspecified atom stereocenters. The number of furan rings is 1. The Morgan fingerprint density at radius 3 is 2.88 bits per heavy atom. The van der Waals surface area contributed by atoms with Crippen LogP contribution in [0.4, 0.5) is 4.79 Å². The largest absolute Gasteiger partial charge is 0.472 e. The van der Waals surface area contributed by atoms with Crippen LogP contribution in [0.25, 0.3) is 5.69 Å². The molecule has 6 nitrogen and oxygen atoms in total. The third-order valence-corrected chi connectivity index (χ3v) is 3.80. The highest BCUT2D eigenvalue weighted by Gasteiger charge is 2.13. The molecule has 1 aromatic carbocycles. The van der Waals surface area contributed by atoms with Gasteiger partial charge in [0.1, 0.15) is 0 Å². The first-order valence-electron chi connectivity index (χ1n) is 7.89. The SMILES string of the molecule is CCN(Cc1ccoc1)C(=O)NCc1ccccc1-n1cccn1. The molecular weight excluding hydrogens is 304 g/mol. The Morgan fingerprint density at radius 2 is 2.17 bits per heavy atom. The van der Waals surface area contributed by atoms with Crippen molar-refractivity contribution in [2.75, 3.05) is 6.54 Å². The first kappa shape index (κ1) is 15.9. The number of aromatic nitrogens is 2. The molecule has 0 radical (unpaired) electrons. The normalized spacial score (nSPS) is 10.5. The molecule has 0 aliphatic heterocycles. The average molecular weight is 324 g/mol. The number of hydrogen-bond donors (Lipinski definition) is 1. The Morgan fingerprint density at radius 1 is 1.29 bits per heavy atom. The van der Waals surface area contributed by atoms with Crippen LogP contribution in [-0.4, -0.2) is 27.3 Å². The highest BCUT2D eigenvalue weighted by atomic mass is 16.3. The molecule has 0 saturated heterocycles. The van der Waals surface area contributed by atoms with Gasteiger partial charge in [-0.2, -0.15) is 5.10 Å². The van der Waals surface area contributed by atoms with Crippen LogP contribution in [0, 0.1) is 0 Å². The maximum atomic E-state index is 12.4. The zero-order valence-corrected chi connectivity index (χ0v) is 13.6. The molecule has 124 valence electrons. The number of nitrogens with zero attached hydrogens (tertiary/aromatic N) is 3. The molecule has 2 aromatic heterocycles. The highest BCUT2D eigenvalue weighted by molar-refractivity contribution is 5.74. The van der Waals surface area contributed by atoms with Gasteiger partial charge in [0.2, 0.25) is 0 Å². The summed E-state index contributed by atoms with van der Waals surface area (Å²) >= 11 is 0. The van der Waals surface area contributed by atoms with Crippen LogP contribution in [-0.2, 0) is 13.1 Å². The van der Waals surface area contributed by atoms with Crippen molar-refractivity contribution in [1.29, 1.82) is 0 Å². The molecule has 0 aliphatic rings. The summed E-state index contributed by atoms with van der Waals surface area (Å²) in [6.45, 7) is 3.55. The predicted molar refractivity (Wildman–Crippen MR) is 90.6 cm³/mol. The zero-order chi connectivity index (χ0) is 16.8. The number of carbonyl (C=O) groups is 1. The third-order valence-electron chi connectivity index (χ3n) is 3.80. The molecule has 6 heteroatoms. The second-order valence-electron chi connectivity index (χ2n) is 5.38. The number of carbonyl (C=O) groups excluding carboxylic acids is 1. The van der Waals surface area contributed by atoms with Gasteiger partial charge >= 0.3 is 6.03 Å². The maximum Gasteiger partial charge on any atom is 0.317 e. The van der Waals surface area contributed by atoms with E-state index in [1.807, 2.05) is 49.5 Å². The Kier molecular flexibility index (Phi) is 4.96. The molecule has 1 N–H and O–H groups in total. The second kappa shape index (κ2) is 7.50. The van der Waals surface area contributed by atoms with Gasteiger partial charge in [-0.1, -0.05) is 18.2 Å². The van der Waals surface area contributed by atoms with Crippen LogP contribution in [0.2, 0.25) is 0 Å². The quantitative estimate of drug-likeness (QED) is 0.757. The predicted octanol–water partition coefficient (Wildman–Crippen LogP) is 3.20. The van der Waals surface area contributed by atoms with Crippen molar-refractivity contribution in [3.63, 3.8) is 0 Å². The number of amides is 2. The summed E-state index contributed by atoms with van der Waals surface area (Å²) in [6, 6.07) is 11.5. The lowest BCUT2D eigenvalue weighted by molar-refractivity contribution is 0.197. The van der Waals surface area contributed by atoms with E-state index < -0.39 is 0 Å². The Bertz CT molecular complexity index is 766. The van der Waals surface area contributed by atoms with E-state index in [1.165, 1.54) is 0 Å². The van der Waals surface area contributed by atoms with E-state index in [-0.39, 0.29) is 6.03 Å². The van der Waals surface area contributed by atoms with Crippen molar-refractivity contribution in [2.45, 2.75) is 20.0 Å². The van der Waals surface area contributed by atoms with E-state index in [0.29, 0.717) is 19.6 Å². The number of urea groups is 1. The number of benzene rings is 1. The topological polar surface area (TPSA) is 63.3 Å². The number of hydrogen-bond acceptors (Lipinski definition) is 3. The van der Waals surface area contributed by atoms with E-state index in [9.17, 15) is 4.79 Å².